The molecule has 1 fully saturated rings. The summed E-state index contributed by atoms with van der Waals surface area (Å²) in [4.78, 5) is 38.4. The molecule has 8 nitrogen and oxygen atoms in total. The van der Waals surface area contributed by atoms with Gasteiger partial charge in [-0.2, -0.15) is 0 Å². The Bertz CT molecular complexity index is 860. The number of morpholine rings is 1. The second-order valence-electron chi connectivity index (χ2n) is 6.99. The van der Waals surface area contributed by atoms with Crippen molar-refractivity contribution in [2.24, 2.45) is 5.73 Å². The number of nitrogens with two attached hydrogens (primary N) is 1. The summed E-state index contributed by atoms with van der Waals surface area (Å²) in [6.07, 6.45) is -1.25. The first kappa shape index (κ1) is 21.3. The Morgan fingerprint density at radius 3 is 2.33 bits per heavy atom. The van der Waals surface area contributed by atoms with Crippen LogP contribution in [-0.2, 0) is 32.1 Å². The minimum atomic E-state index is -0.856. The predicted molar refractivity (Wildman–Crippen MR) is 109 cm³/mol. The van der Waals surface area contributed by atoms with E-state index >= 15 is 0 Å². The van der Waals surface area contributed by atoms with Crippen molar-refractivity contribution < 1.29 is 23.9 Å². The molecule has 3 rings (SSSR count). The molecule has 0 saturated carbocycles. The molecule has 0 aliphatic carbocycles. The normalized spacial score (nSPS) is 17.1. The first-order chi connectivity index (χ1) is 14.5. The second-order valence-corrected chi connectivity index (χ2v) is 6.99. The zero-order valence-corrected chi connectivity index (χ0v) is 16.5. The van der Waals surface area contributed by atoms with E-state index in [0.29, 0.717) is 13.0 Å². The van der Waals surface area contributed by atoms with Gasteiger partial charge in [0.1, 0.15) is 12.6 Å². The van der Waals surface area contributed by atoms with Gasteiger partial charge < -0.3 is 25.4 Å². The molecule has 2 unspecified atom stereocenters. The molecule has 2 atom stereocenters. The number of nitrogens with one attached hydrogen (secondary N) is 1. The van der Waals surface area contributed by atoms with Crippen LogP contribution in [0.5, 0.6) is 0 Å². The van der Waals surface area contributed by atoms with Crippen molar-refractivity contribution >= 4 is 17.9 Å². The minimum absolute atomic E-state index is 0.0558. The lowest BCUT2D eigenvalue weighted by Crippen LogP contribution is -2.56. The van der Waals surface area contributed by atoms with E-state index in [1.807, 2.05) is 60.7 Å². The van der Waals surface area contributed by atoms with Gasteiger partial charge in [-0.05, 0) is 11.1 Å². The Labute approximate surface area is 174 Å². The molecule has 8 heteroatoms. The lowest BCUT2D eigenvalue weighted by molar-refractivity contribution is -0.146. The molecule has 0 spiro atoms. The summed E-state index contributed by atoms with van der Waals surface area (Å²) in [5.41, 5.74) is 7.04. The van der Waals surface area contributed by atoms with Crippen molar-refractivity contribution in [2.45, 2.75) is 25.2 Å². The Kier molecular flexibility index (Phi) is 7.40. The predicted octanol–water partition coefficient (Wildman–Crippen LogP) is 1.24. The number of nitrogens with zero attached hydrogens (tertiary/aromatic N) is 1. The van der Waals surface area contributed by atoms with Crippen molar-refractivity contribution in [3.63, 3.8) is 0 Å². The van der Waals surface area contributed by atoms with E-state index in [1.165, 1.54) is 4.90 Å². The monoisotopic (exact) mass is 411 g/mol. The second kappa shape index (κ2) is 10.4. The SMILES string of the molecule is NC(=O)C1CN(C(=O)C(Cc2ccccc2)NC(=O)OCc2ccccc2)CCO1. The van der Waals surface area contributed by atoms with Gasteiger partial charge in [0.05, 0.1) is 13.2 Å². The number of rotatable bonds is 7. The van der Waals surface area contributed by atoms with Crippen LogP contribution in [0.1, 0.15) is 11.1 Å². The zero-order chi connectivity index (χ0) is 21.3. The van der Waals surface area contributed by atoms with Gasteiger partial charge in [-0.25, -0.2) is 4.79 Å². The van der Waals surface area contributed by atoms with Crippen LogP contribution in [0.4, 0.5) is 4.79 Å². The highest BCUT2D eigenvalue weighted by atomic mass is 16.5. The Hall–Kier alpha value is -3.39. The van der Waals surface area contributed by atoms with Crippen molar-refractivity contribution in [1.82, 2.24) is 10.2 Å². The van der Waals surface area contributed by atoms with Crippen LogP contribution in [0, 0.1) is 0 Å². The molecule has 0 bridgehead atoms. The molecule has 3 amide bonds. The Morgan fingerprint density at radius 2 is 1.70 bits per heavy atom. The number of alkyl carbamates (subject to hydrolysis) is 1. The fourth-order valence-corrected chi connectivity index (χ4v) is 3.20. The van der Waals surface area contributed by atoms with Gasteiger partial charge in [0.25, 0.3) is 0 Å². The van der Waals surface area contributed by atoms with E-state index in [1.54, 1.807) is 0 Å². The quantitative estimate of drug-likeness (QED) is 0.712. The molecule has 2 aromatic carbocycles. The summed E-state index contributed by atoms with van der Waals surface area (Å²) in [5, 5.41) is 2.67. The summed E-state index contributed by atoms with van der Waals surface area (Å²) in [6, 6.07) is 17.8. The topological polar surface area (TPSA) is 111 Å². The van der Waals surface area contributed by atoms with E-state index in [4.69, 9.17) is 15.2 Å². The molecule has 0 radical (unpaired) electrons. The first-order valence-corrected chi connectivity index (χ1v) is 9.74. The number of ether oxygens (including phenoxy) is 2. The number of hydrogen-bond acceptors (Lipinski definition) is 5. The van der Waals surface area contributed by atoms with Crippen LogP contribution in [-0.4, -0.2) is 54.6 Å². The third kappa shape index (κ3) is 6.05. The standard InChI is InChI=1S/C22H25N3O5/c23-20(26)19-14-25(11-12-29-19)21(27)18(13-16-7-3-1-4-8-16)24-22(28)30-15-17-9-5-2-6-10-17/h1-10,18-19H,11-15H2,(H2,23,26)(H,24,28). The van der Waals surface area contributed by atoms with E-state index in [9.17, 15) is 14.4 Å². The van der Waals surface area contributed by atoms with Gasteiger partial charge >= 0.3 is 6.09 Å². The van der Waals surface area contributed by atoms with E-state index in [-0.39, 0.29) is 25.7 Å². The number of benzene rings is 2. The first-order valence-electron chi connectivity index (χ1n) is 9.74. The maximum absolute atomic E-state index is 13.1. The summed E-state index contributed by atoms with van der Waals surface area (Å²) >= 11 is 0. The van der Waals surface area contributed by atoms with Gasteiger partial charge in [-0.3, -0.25) is 9.59 Å². The van der Waals surface area contributed by atoms with Crippen molar-refractivity contribution in [3.8, 4) is 0 Å². The highest BCUT2D eigenvalue weighted by Crippen LogP contribution is 2.11. The summed E-state index contributed by atoms with van der Waals surface area (Å²) in [7, 11) is 0. The van der Waals surface area contributed by atoms with Crippen molar-refractivity contribution in [2.75, 3.05) is 19.7 Å². The third-order valence-electron chi connectivity index (χ3n) is 4.78. The van der Waals surface area contributed by atoms with Crippen molar-refractivity contribution in [1.29, 1.82) is 0 Å². The molecule has 158 valence electrons. The van der Waals surface area contributed by atoms with Crippen LogP contribution in [0.15, 0.2) is 60.7 Å². The van der Waals surface area contributed by atoms with Crippen LogP contribution in [0.3, 0.4) is 0 Å². The molecule has 30 heavy (non-hydrogen) atoms. The fraction of sp³-hybridized carbons (Fsp3) is 0.318. The largest absolute Gasteiger partial charge is 0.445 e. The summed E-state index contributed by atoms with van der Waals surface area (Å²) in [6.45, 7) is 0.672. The average Bonchev–Trinajstić information content (AvgIpc) is 2.78. The van der Waals surface area contributed by atoms with Gasteiger partial charge in [-0.15, -0.1) is 0 Å². The lowest BCUT2D eigenvalue weighted by atomic mass is 10.0. The van der Waals surface area contributed by atoms with Gasteiger partial charge in [0, 0.05) is 13.0 Å². The summed E-state index contributed by atoms with van der Waals surface area (Å²) < 4.78 is 10.6. The fourth-order valence-electron chi connectivity index (χ4n) is 3.20. The van der Waals surface area contributed by atoms with Crippen LogP contribution in [0.2, 0.25) is 0 Å². The number of carbonyl (C=O) groups is 3. The molecule has 0 aromatic heterocycles. The third-order valence-corrected chi connectivity index (χ3v) is 4.78. The average molecular weight is 411 g/mol. The highest BCUT2D eigenvalue weighted by Gasteiger charge is 2.32. The smallest absolute Gasteiger partial charge is 0.408 e. The maximum Gasteiger partial charge on any atom is 0.408 e. The molecule has 1 aliphatic heterocycles. The maximum atomic E-state index is 13.1. The van der Waals surface area contributed by atoms with Gasteiger partial charge in [0.15, 0.2) is 6.10 Å². The molecular weight excluding hydrogens is 386 g/mol. The van der Waals surface area contributed by atoms with E-state index in [0.717, 1.165) is 11.1 Å². The minimum Gasteiger partial charge on any atom is -0.445 e. The van der Waals surface area contributed by atoms with Crippen LogP contribution >= 0.6 is 0 Å². The van der Waals surface area contributed by atoms with Crippen LogP contribution in [0.25, 0.3) is 0 Å². The number of primary amides is 1. The number of carbonyl (C=O) groups excluding carboxylic acids is 3. The summed E-state index contributed by atoms with van der Waals surface area (Å²) in [5.74, 6) is -0.938. The van der Waals surface area contributed by atoms with Crippen molar-refractivity contribution in [3.05, 3.63) is 71.8 Å². The lowest BCUT2D eigenvalue weighted by Gasteiger charge is -2.34. The molecule has 1 heterocycles. The number of hydrogen-bond donors (Lipinski definition) is 2. The van der Waals surface area contributed by atoms with Gasteiger partial charge in [-0.1, -0.05) is 60.7 Å². The molecule has 3 N–H and O–H groups in total. The molecule has 1 saturated heterocycles. The Balaban J connectivity index is 1.67. The van der Waals surface area contributed by atoms with E-state index < -0.39 is 24.1 Å². The molecule has 2 aromatic rings. The molecular formula is C22H25N3O5. The number of amides is 3. The van der Waals surface area contributed by atoms with Gasteiger partial charge in [0.2, 0.25) is 11.8 Å². The zero-order valence-electron chi connectivity index (χ0n) is 16.5. The van der Waals surface area contributed by atoms with E-state index in [2.05, 4.69) is 5.32 Å². The highest BCUT2D eigenvalue weighted by molar-refractivity contribution is 5.87. The Morgan fingerprint density at radius 1 is 1.07 bits per heavy atom. The molecule has 1 aliphatic rings. The van der Waals surface area contributed by atoms with Crippen LogP contribution < -0.4 is 11.1 Å².